The Balaban J connectivity index is 2.09. The van der Waals surface area contributed by atoms with E-state index in [2.05, 4.69) is 14.7 Å². The van der Waals surface area contributed by atoms with Gasteiger partial charge in [0, 0.05) is 6.20 Å². The minimum Gasteiger partial charge on any atom is -0.258 e. The SMILES string of the molecule is Cc1cnc(CNS(=O)(=O)c2ccc(F)cc2)cn1. The molecule has 1 aromatic heterocycles. The Kier molecular flexibility index (Phi) is 3.87. The van der Waals surface area contributed by atoms with Crippen molar-refractivity contribution in [2.24, 2.45) is 0 Å². The minimum absolute atomic E-state index is 0.00831. The molecule has 2 aromatic rings. The molecule has 0 unspecified atom stereocenters. The van der Waals surface area contributed by atoms with Crippen LogP contribution in [-0.2, 0) is 16.6 Å². The first-order valence-electron chi connectivity index (χ1n) is 5.50. The van der Waals surface area contributed by atoms with Gasteiger partial charge in [0.1, 0.15) is 5.82 Å². The van der Waals surface area contributed by atoms with Crippen LogP contribution in [0.5, 0.6) is 0 Å². The summed E-state index contributed by atoms with van der Waals surface area (Å²) in [6.07, 6.45) is 3.06. The summed E-state index contributed by atoms with van der Waals surface area (Å²) in [6, 6.07) is 4.61. The zero-order valence-electron chi connectivity index (χ0n) is 10.2. The minimum atomic E-state index is -3.67. The maximum absolute atomic E-state index is 12.7. The Morgan fingerprint density at radius 1 is 1.16 bits per heavy atom. The molecule has 0 aliphatic heterocycles. The zero-order chi connectivity index (χ0) is 13.9. The topological polar surface area (TPSA) is 72.0 Å². The molecule has 0 amide bonds. The number of sulfonamides is 1. The molecule has 1 aromatic carbocycles. The van der Waals surface area contributed by atoms with E-state index in [1.54, 1.807) is 13.1 Å². The predicted molar refractivity (Wildman–Crippen MR) is 67.2 cm³/mol. The first-order chi connectivity index (χ1) is 8.97. The fourth-order valence-electron chi connectivity index (χ4n) is 1.38. The first kappa shape index (κ1) is 13.6. The molecule has 0 saturated heterocycles. The van der Waals surface area contributed by atoms with Crippen LogP contribution in [0.4, 0.5) is 4.39 Å². The van der Waals surface area contributed by atoms with Gasteiger partial charge in [-0.15, -0.1) is 0 Å². The quantitative estimate of drug-likeness (QED) is 0.919. The maximum atomic E-state index is 12.7. The maximum Gasteiger partial charge on any atom is 0.240 e. The Morgan fingerprint density at radius 3 is 2.42 bits per heavy atom. The number of aryl methyl sites for hydroxylation is 1. The van der Waals surface area contributed by atoms with Gasteiger partial charge in [0.2, 0.25) is 10.0 Å². The number of halogens is 1. The molecule has 1 heterocycles. The highest BCUT2D eigenvalue weighted by Gasteiger charge is 2.13. The Labute approximate surface area is 110 Å². The fraction of sp³-hybridized carbons (Fsp3) is 0.167. The zero-order valence-corrected chi connectivity index (χ0v) is 11.0. The van der Waals surface area contributed by atoms with E-state index in [1.165, 1.54) is 18.3 Å². The van der Waals surface area contributed by atoms with E-state index in [1.807, 2.05) is 0 Å². The lowest BCUT2D eigenvalue weighted by Gasteiger charge is -2.06. The Bertz CT molecular complexity index is 654. The van der Waals surface area contributed by atoms with Gasteiger partial charge in [-0.1, -0.05) is 0 Å². The van der Waals surface area contributed by atoms with Crippen molar-refractivity contribution in [2.45, 2.75) is 18.4 Å². The second kappa shape index (κ2) is 5.41. The van der Waals surface area contributed by atoms with Gasteiger partial charge in [-0.25, -0.2) is 17.5 Å². The van der Waals surface area contributed by atoms with Crippen LogP contribution in [0.2, 0.25) is 0 Å². The lowest BCUT2D eigenvalue weighted by Crippen LogP contribution is -2.23. The highest BCUT2D eigenvalue weighted by atomic mass is 32.2. The summed E-state index contributed by atoms with van der Waals surface area (Å²) >= 11 is 0. The summed E-state index contributed by atoms with van der Waals surface area (Å²) in [5, 5.41) is 0. The van der Waals surface area contributed by atoms with Crippen LogP contribution < -0.4 is 4.72 Å². The number of nitrogens with zero attached hydrogens (tertiary/aromatic N) is 2. The fourth-order valence-corrected chi connectivity index (χ4v) is 2.38. The van der Waals surface area contributed by atoms with Crippen molar-refractivity contribution in [1.82, 2.24) is 14.7 Å². The largest absolute Gasteiger partial charge is 0.258 e. The summed E-state index contributed by atoms with van der Waals surface area (Å²) in [7, 11) is -3.67. The molecule has 0 radical (unpaired) electrons. The molecule has 0 fully saturated rings. The summed E-state index contributed by atoms with van der Waals surface area (Å²) in [5.41, 5.74) is 1.27. The summed E-state index contributed by atoms with van der Waals surface area (Å²) in [5.74, 6) is -0.483. The third kappa shape index (κ3) is 3.55. The van der Waals surface area contributed by atoms with Crippen molar-refractivity contribution in [1.29, 1.82) is 0 Å². The molecular formula is C12H12FN3O2S. The molecule has 0 aliphatic rings. The van der Waals surface area contributed by atoms with Crippen LogP contribution in [0.25, 0.3) is 0 Å². The summed E-state index contributed by atoms with van der Waals surface area (Å²) in [4.78, 5) is 8.07. The smallest absolute Gasteiger partial charge is 0.240 e. The Morgan fingerprint density at radius 2 is 1.84 bits per heavy atom. The highest BCUT2D eigenvalue weighted by Crippen LogP contribution is 2.10. The van der Waals surface area contributed by atoms with Gasteiger partial charge in [0.15, 0.2) is 0 Å². The second-order valence-corrected chi connectivity index (χ2v) is 5.69. The van der Waals surface area contributed by atoms with Crippen LogP contribution in [0.15, 0.2) is 41.6 Å². The molecule has 7 heteroatoms. The van der Waals surface area contributed by atoms with Gasteiger partial charge in [-0.05, 0) is 31.2 Å². The van der Waals surface area contributed by atoms with Crippen LogP contribution in [-0.4, -0.2) is 18.4 Å². The molecule has 0 aliphatic carbocycles. The molecule has 19 heavy (non-hydrogen) atoms. The van der Waals surface area contributed by atoms with E-state index in [-0.39, 0.29) is 11.4 Å². The van der Waals surface area contributed by atoms with Crippen LogP contribution >= 0.6 is 0 Å². The lowest BCUT2D eigenvalue weighted by molar-refractivity contribution is 0.579. The molecule has 5 nitrogen and oxygen atoms in total. The molecule has 0 bridgehead atoms. The van der Waals surface area contributed by atoms with Crippen molar-refractivity contribution >= 4 is 10.0 Å². The van der Waals surface area contributed by atoms with Crippen molar-refractivity contribution in [3.05, 3.63) is 53.9 Å². The number of hydrogen-bond donors (Lipinski definition) is 1. The number of hydrogen-bond acceptors (Lipinski definition) is 4. The Hall–Kier alpha value is -1.86. The van der Waals surface area contributed by atoms with Crippen molar-refractivity contribution in [2.75, 3.05) is 0 Å². The summed E-state index contributed by atoms with van der Waals surface area (Å²) in [6.45, 7) is 1.83. The van der Waals surface area contributed by atoms with E-state index in [4.69, 9.17) is 0 Å². The van der Waals surface area contributed by atoms with E-state index in [0.717, 1.165) is 17.8 Å². The van der Waals surface area contributed by atoms with Gasteiger partial charge in [-0.3, -0.25) is 9.97 Å². The van der Waals surface area contributed by atoms with E-state index >= 15 is 0 Å². The lowest BCUT2D eigenvalue weighted by atomic mass is 10.4. The molecule has 0 atom stereocenters. The van der Waals surface area contributed by atoms with Crippen molar-refractivity contribution < 1.29 is 12.8 Å². The van der Waals surface area contributed by atoms with Crippen LogP contribution in [0, 0.1) is 12.7 Å². The average molecular weight is 281 g/mol. The highest BCUT2D eigenvalue weighted by molar-refractivity contribution is 7.89. The van der Waals surface area contributed by atoms with Crippen LogP contribution in [0.1, 0.15) is 11.4 Å². The summed E-state index contributed by atoms with van der Waals surface area (Å²) < 4.78 is 38.9. The normalized spacial score (nSPS) is 11.5. The monoisotopic (exact) mass is 281 g/mol. The van der Waals surface area contributed by atoms with Gasteiger partial charge >= 0.3 is 0 Å². The van der Waals surface area contributed by atoms with Gasteiger partial charge in [0.05, 0.1) is 29.0 Å². The first-order valence-corrected chi connectivity index (χ1v) is 6.98. The number of aromatic nitrogens is 2. The van der Waals surface area contributed by atoms with Crippen molar-refractivity contribution in [3.63, 3.8) is 0 Å². The standard InChI is InChI=1S/C12H12FN3O2S/c1-9-6-15-11(7-14-9)8-16-19(17,18)12-4-2-10(13)3-5-12/h2-7,16H,8H2,1H3. The molecule has 100 valence electrons. The molecule has 0 saturated carbocycles. The number of rotatable bonds is 4. The van der Waals surface area contributed by atoms with E-state index in [9.17, 15) is 12.8 Å². The third-order valence-electron chi connectivity index (χ3n) is 2.40. The van der Waals surface area contributed by atoms with Gasteiger partial charge < -0.3 is 0 Å². The molecule has 1 N–H and O–H groups in total. The van der Waals surface area contributed by atoms with Crippen molar-refractivity contribution in [3.8, 4) is 0 Å². The molecular weight excluding hydrogens is 269 g/mol. The van der Waals surface area contributed by atoms with E-state index in [0.29, 0.717) is 5.69 Å². The van der Waals surface area contributed by atoms with E-state index < -0.39 is 15.8 Å². The third-order valence-corrected chi connectivity index (χ3v) is 3.82. The van der Waals surface area contributed by atoms with Gasteiger partial charge in [-0.2, -0.15) is 0 Å². The molecule has 2 rings (SSSR count). The predicted octanol–water partition coefficient (Wildman–Crippen LogP) is 1.40. The number of benzene rings is 1. The van der Waals surface area contributed by atoms with Crippen LogP contribution in [0.3, 0.4) is 0 Å². The average Bonchev–Trinajstić information content (AvgIpc) is 2.39. The van der Waals surface area contributed by atoms with Gasteiger partial charge in [0.25, 0.3) is 0 Å². The molecule has 0 spiro atoms. The second-order valence-electron chi connectivity index (χ2n) is 3.93. The number of nitrogens with one attached hydrogen (secondary N) is 1.